The van der Waals surface area contributed by atoms with Crippen LogP contribution >= 0.6 is 0 Å². The Bertz CT molecular complexity index is 739. The molecule has 1 amide bonds. The number of oxazole rings is 1. The Labute approximate surface area is 155 Å². The highest BCUT2D eigenvalue weighted by molar-refractivity contribution is 5.82. The van der Waals surface area contributed by atoms with Gasteiger partial charge in [0.25, 0.3) is 0 Å². The van der Waals surface area contributed by atoms with E-state index < -0.39 is 6.04 Å². The average molecular weight is 355 g/mol. The Morgan fingerprint density at radius 3 is 2.73 bits per heavy atom. The van der Waals surface area contributed by atoms with Crippen molar-refractivity contribution in [2.75, 3.05) is 6.54 Å². The molecule has 5 heteroatoms. The van der Waals surface area contributed by atoms with Gasteiger partial charge in [-0.1, -0.05) is 57.5 Å². The first-order valence-electron chi connectivity index (χ1n) is 9.65. The van der Waals surface area contributed by atoms with Crippen LogP contribution in [0.4, 0.5) is 0 Å². The Morgan fingerprint density at radius 1 is 1.35 bits per heavy atom. The van der Waals surface area contributed by atoms with Crippen molar-refractivity contribution in [3.8, 4) is 11.3 Å². The number of aromatic nitrogens is 1. The van der Waals surface area contributed by atoms with Crippen molar-refractivity contribution in [2.45, 2.75) is 64.5 Å². The minimum absolute atomic E-state index is 0.0138. The minimum Gasteiger partial charge on any atom is -0.442 e. The summed E-state index contributed by atoms with van der Waals surface area (Å²) in [5.41, 5.74) is 8.01. The van der Waals surface area contributed by atoms with Crippen LogP contribution in [0.5, 0.6) is 0 Å². The number of rotatable bonds is 6. The summed E-state index contributed by atoms with van der Waals surface area (Å²) >= 11 is 0. The van der Waals surface area contributed by atoms with E-state index in [2.05, 4.69) is 13.8 Å². The summed E-state index contributed by atoms with van der Waals surface area (Å²) in [5, 5.41) is 0. The van der Waals surface area contributed by atoms with Crippen molar-refractivity contribution in [3.05, 3.63) is 42.0 Å². The van der Waals surface area contributed by atoms with Gasteiger partial charge in [0.2, 0.25) is 11.8 Å². The maximum Gasteiger partial charge on any atom is 0.240 e. The van der Waals surface area contributed by atoms with Crippen LogP contribution in [0.15, 0.2) is 34.7 Å². The van der Waals surface area contributed by atoms with E-state index in [1.807, 2.05) is 42.2 Å². The molecule has 2 aromatic rings. The maximum absolute atomic E-state index is 12.7. The van der Waals surface area contributed by atoms with Gasteiger partial charge in [-0.15, -0.1) is 0 Å². The lowest BCUT2D eigenvalue weighted by molar-refractivity contribution is -0.134. The zero-order valence-electron chi connectivity index (χ0n) is 15.9. The molecule has 0 spiro atoms. The molecular weight excluding hydrogens is 326 g/mol. The molecule has 26 heavy (non-hydrogen) atoms. The number of likely N-dealkylation sites (tertiary alicyclic amines) is 1. The van der Waals surface area contributed by atoms with Crippen LogP contribution in [0.2, 0.25) is 0 Å². The fraction of sp³-hybridized carbons (Fsp3) is 0.524. The van der Waals surface area contributed by atoms with E-state index in [0.29, 0.717) is 12.3 Å². The fourth-order valence-corrected chi connectivity index (χ4v) is 3.62. The van der Waals surface area contributed by atoms with Gasteiger partial charge in [-0.25, -0.2) is 4.98 Å². The van der Waals surface area contributed by atoms with Crippen LogP contribution < -0.4 is 5.73 Å². The van der Waals surface area contributed by atoms with Crippen molar-refractivity contribution in [2.24, 2.45) is 5.73 Å². The average Bonchev–Trinajstić information content (AvgIpc) is 3.29. The van der Waals surface area contributed by atoms with E-state index in [1.54, 1.807) is 0 Å². The number of hydrogen-bond acceptors (Lipinski definition) is 4. The molecule has 1 aromatic heterocycles. The Kier molecular flexibility index (Phi) is 5.77. The summed E-state index contributed by atoms with van der Waals surface area (Å²) in [4.78, 5) is 19.4. The lowest BCUT2D eigenvalue weighted by Gasteiger charge is -2.25. The Morgan fingerprint density at radius 2 is 2.08 bits per heavy atom. The number of carbonyl (C=O) groups excluding carboxylic acids is 1. The summed E-state index contributed by atoms with van der Waals surface area (Å²) < 4.78 is 6.19. The number of nitrogens with zero attached hydrogens (tertiary/aromatic N) is 2. The third kappa shape index (κ3) is 3.68. The van der Waals surface area contributed by atoms with Gasteiger partial charge < -0.3 is 15.1 Å². The van der Waals surface area contributed by atoms with Gasteiger partial charge in [0.05, 0.1) is 6.04 Å². The van der Waals surface area contributed by atoms with Gasteiger partial charge in [0.15, 0.2) is 0 Å². The smallest absolute Gasteiger partial charge is 0.240 e. The van der Waals surface area contributed by atoms with Gasteiger partial charge in [0.1, 0.15) is 17.5 Å². The van der Waals surface area contributed by atoms with Crippen molar-refractivity contribution in [1.82, 2.24) is 9.88 Å². The van der Waals surface area contributed by atoms with Crippen LogP contribution in [0.25, 0.3) is 11.3 Å². The third-order valence-corrected chi connectivity index (χ3v) is 4.98. The van der Waals surface area contributed by atoms with E-state index in [1.165, 1.54) is 0 Å². The van der Waals surface area contributed by atoms with E-state index in [9.17, 15) is 4.79 Å². The molecule has 0 bridgehead atoms. The van der Waals surface area contributed by atoms with E-state index in [-0.39, 0.29) is 17.9 Å². The molecule has 5 nitrogen and oxygen atoms in total. The molecule has 0 aliphatic carbocycles. The molecule has 0 saturated carbocycles. The van der Waals surface area contributed by atoms with E-state index in [4.69, 9.17) is 15.1 Å². The van der Waals surface area contributed by atoms with Gasteiger partial charge in [-0.2, -0.15) is 0 Å². The highest BCUT2D eigenvalue weighted by atomic mass is 16.4. The number of hydrogen-bond donors (Lipinski definition) is 1. The zero-order valence-corrected chi connectivity index (χ0v) is 15.9. The quantitative estimate of drug-likeness (QED) is 0.840. The van der Waals surface area contributed by atoms with Gasteiger partial charge >= 0.3 is 0 Å². The van der Waals surface area contributed by atoms with Crippen molar-refractivity contribution >= 4 is 5.91 Å². The summed E-state index contributed by atoms with van der Waals surface area (Å²) in [6, 6.07) is 9.54. The summed E-state index contributed by atoms with van der Waals surface area (Å²) in [5.74, 6) is 1.75. The predicted octanol–water partition coefficient (Wildman–Crippen LogP) is 4.26. The largest absolute Gasteiger partial charge is 0.442 e. The van der Waals surface area contributed by atoms with Crippen molar-refractivity contribution < 1.29 is 9.21 Å². The van der Waals surface area contributed by atoms with E-state index >= 15 is 0 Å². The lowest BCUT2D eigenvalue weighted by Crippen LogP contribution is -2.43. The molecule has 3 rings (SSSR count). The zero-order chi connectivity index (χ0) is 18.7. The number of nitrogens with two attached hydrogens (primary N) is 1. The van der Waals surface area contributed by atoms with Crippen LogP contribution in [-0.2, 0) is 4.79 Å². The SMILES string of the molecule is CCCC(N)C(=O)N1CCCC1c1nc(-c2ccccc2)c(C(C)C)o1. The lowest BCUT2D eigenvalue weighted by atomic mass is 10.0. The molecule has 1 aliphatic rings. The topological polar surface area (TPSA) is 72.4 Å². The van der Waals surface area contributed by atoms with Crippen LogP contribution in [0.3, 0.4) is 0 Å². The summed E-state index contributed by atoms with van der Waals surface area (Å²) in [6.07, 6.45) is 3.44. The summed E-state index contributed by atoms with van der Waals surface area (Å²) in [7, 11) is 0. The molecule has 1 saturated heterocycles. The Hall–Kier alpha value is -2.14. The highest BCUT2D eigenvalue weighted by Gasteiger charge is 2.36. The molecule has 2 atom stereocenters. The summed E-state index contributed by atoms with van der Waals surface area (Å²) in [6.45, 7) is 6.97. The van der Waals surface area contributed by atoms with Gasteiger partial charge in [-0.3, -0.25) is 4.79 Å². The normalized spacial score (nSPS) is 18.5. The molecule has 1 aliphatic heterocycles. The predicted molar refractivity (Wildman–Crippen MR) is 103 cm³/mol. The second-order valence-electron chi connectivity index (χ2n) is 7.37. The van der Waals surface area contributed by atoms with Crippen LogP contribution in [-0.4, -0.2) is 28.4 Å². The molecule has 1 fully saturated rings. The van der Waals surface area contributed by atoms with E-state index in [0.717, 1.165) is 42.8 Å². The van der Waals surface area contributed by atoms with Crippen molar-refractivity contribution in [3.63, 3.8) is 0 Å². The van der Waals surface area contributed by atoms with Crippen LogP contribution in [0, 0.1) is 0 Å². The molecule has 0 radical (unpaired) electrons. The number of benzene rings is 1. The van der Waals surface area contributed by atoms with Crippen molar-refractivity contribution in [1.29, 1.82) is 0 Å². The highest BCUT2D eigenvalue weighted by Crippen LogP contribution is 2.37. The number of amides is 1. The molecule has 1 aromatic carbocycles. The number of carbonyl (C=O) groups is 1. The third-order valence-electron chi connectivity index (χ3n) is 4.98. The van der Waals surface area contributed by atoms with Gasteiger partial charge in [-0.05, 0) is 19.3 Å². The fourth-order valence-electron chi connectivity index (χ4n) is 3.62. The maximum atomic E-state index is 12.7. The second-order valence-corrected chi connectivity index (χ2v) is 7.37. The Balaban J connectivity index is 1.92. The van der Waals surface area contributed by atoms with Gasteiger partial charge in [0, 0.05) is 18.0 Å². The van der Waals surface area contributed by atoms with Crippen LogP contribution in [0.1, 0.15) is 70.1 Å². The first-order valence-corrected chi connectivity index (χ1v) is 9.65. The standard InChI is InChI=1S/C21H29N3O2/c1-4-9-16(22)21(25)24-13-8-12-17(24)20-23-18(19(26-20)14(2)3)15-10-6-5-7-11-15/h5-7,10-11,14,16-17H,4,8-9,12-13,22H2,1-3H3. The molecule has 2 unspecified atom stereocenters. The first kappa shape index (κ1) is 18.6. The molecule has 2 N–H and O–H groups in total. The monoisotopic (exact) mass is 355 g/mol. The first-order chi connectivity index (χ1) is 12.5. The molecule has 2 heterocycles. The molecular formula is C21H29N3O2. The minimum atomic E-state index is -0.436. The molecule has 140 valence electrons. The second kappa shape index (κ2) is 8.04.